The molecule has 8 heteroatoms. The second-order valence-electron chi connectivity index (χ2n) is 4.96. The third-order valence-electron chi connectivity index (χ3n) is 3.21. The molecule has 1 amide bonds. The number of rotatable bonds is 7. The van der Waals surface area contributed by atoms with Crippen molar-refractivity contribution in [2.75, 3.05) is 5.75 Å². The van der Waals surface area contributed by atoms with Crippen LogP contribution in [0.25, 0.3) is 0 Å². The summed E-state index contributed by atoms with van der Waals surface area (Å²) >= 11 is 0. The maximum atomic E-state index is 11.9. The summed E-state index contributed by atoms with van der Waals surface area (Å²) in [4.78, 5) is 21.6. The van der Waals surface area contributed by atoms with E-state index in [1.54, 1.807) is 0 Å². The minimum absolute atomic E-state index is 0.0641. The third-order valence-corrected chi connectivity index (χ3v) is 4.76. The number of nitrogens with two attached hydrogens (primary N) is 1. The van der Waals surface area contributed by atoms with Crippen molar-refractivity contribution >= 4 is 21.9 Å². The molecule has 0 aliphatic heterocycles. The van der Waals surface area contributed by atoms with Gasteiger partial charge in [0.15, 0.2) is 0 Å². The van der Waals surface area contributed by atoms with E-state index in [1.165, 1.54) is 0 Å². The van der Waals surface area contributed by atoms with Gasteiger partial charge < -0.3 is 10.8 Å². The Kier molecular flexibility index (Phi) is 5.74. The van der Waals surface area contributed by atoms with Gasteiger partial charge in [-0.2, -0.15) is 0 Å². The summed E-state index contributed by atoms with van der Waals surface area (Å²) in [5.74, 6) is -2.27. The highest BCUT2D eigenvalue weighted by atomic mass is 32.2. The first kappa shape index (κ1) is 15.9. The standard InChI is InChI=1S/C11H20N2O5S/c12-10(14)6-9(11(15)16)13-19(17,18)7-8-4-2-1-3-5-8/h8-9,13H,1-7H2,(H2,12,14)(H,15,16)/t9-/m1/s1. The molecule has 1 rings (SSSR count). The lowest BCUT2D eigenvalue weighted by atomic mass is 9.91. The molecule has 19 heavy (non-hydrogen) atoms. The minimum Gasteiger partial charge on any atom is -0.480 e. The average molecular weight is 292 g/mol. The minimum atomic E-state index is -3.71. The van der Waals surface area contributed by atoms with Crippen LogP contribution in [-0.4, -0.2) is 37.2 Å². The number of hydrogen-bond acceptors (Lipinski definition) is 4. The Morgan fingerprint density at radius 3 is 2.32 bits per heavy atom. The quantitative estimate of drug-likeness (QED) is 0.599. The van der Waals surface area contributed by atoms with E-state index in [0.29, 0.717) is 0 Å². The highest BCUT2D eigenvalue weighted by Gasteiger charge is 2.28. The van der Waals surface area contributed by atoms with Crippen LogP contribution < -0.4 is 10.5 Å². The molecule has 4 N–H and O–H groups in total. The topological polar surface area (TPSA) is 127 Å². The molecule has 0 bridgehead atoms. The number of carbonyl (C=O) groups is 2. The Balaban J connectivity index is 2.59. The average Bonchev–Trinajstić information content (AvgIpc) is 2.27. The number of sulfonamides is 1. The lowest BCUT2D eigenvalue weighted by Gasteiger charge is -2.22. The zero-order valence-corrected chi connectivity index (χ0v) is 11.5. The van der Waals surface area contributed by atoms with E-state index >= 15 is 0 Å². The molecule has 110 valence electrons. The highest BCUT2D eigenvalue weighted by Crippen LogP contribution is 2.24. The molecule has 1 atom stereocenters. The van der Waals surface area contributed by atoms with Gasteiger partial charge in [0.2, 0.25) is 15.9 Å². The van der Waals surface area contributed by atoms with Crippen molar-refractivity contribution < 1.29 is 23.1 Å². The Morgan fingerprint density at radius 1 is 1.26 bits per heavy atom. The Morgan fingerprint density at radius 2 is 1.84 bits per heavy atom. The SMILES string of the molecule is NC(=O)C[C@@H](NS(=O)(=O)CC1CCCCC1)C(=O)O. The van der Waals surface area contributed by atoms with Crippen LogP contribution in [0.2, 0.25) is 0 Å². The largest absolute Gasteiger partial charge is 0.480 e. The monoisotopic (exact) mass is 292 g/mol. The van der Waals surface area contributed by atoms with Gasteiger partial charge in [0.05, 0.1) is 12.2 Å². The second kappa shape index (κ2) is 6.85. The van der Waals surface area contributed by atoms with Gasteiger partial charge in [0.1, 0.15) is 6.04 Å². The van der Waals surface area contributed by atoms with Crippen molar-refractivity contribution in [3.63, 3.8) is 0 Å². The molecule has 0 spiro atoms. The number of amides is 1. The van der Waals surface area contributed by atoms with E-state index in [4.69, 9.17) is 10.8 Å². The first-order valence-corrected chi connectivity index (χ1v) is 7.96. The fourth-order valence-electron chi connectivity index (χ4n) is 2.31. The van der Waals surface area contributed by atoms with Crippen LogP contribution >= 0.6 is 0 Å². The fraction of sp³-hybridized carbons (Fsp3) is 0.818. The number of carboxylic acids is 1. The molecule has 0 aromatic carbocycles. The van der Waals surface area contributed by atoms with E-state index in [2.05, 4.69) is 0 Å². The molecule has 0 unspecified atom stereocenters. The van der Waals surface area contributed by atoms with Crippen molar-refractivity contribution in [1.82, 2.24) is 4.72 Å². The van der Waals surface area contributed by atoms with E-state index in [1.807, 2.05) is 4.72 Å². The van der Waals surface area contributed by atoms with E-state index in [-0.39, 0.29) is 11.7 Å². The summed E-state index contributed by atoms with van der Waals surface area (Å²) in [6.45, 7) is 0. The lowest BCUT2D eigenvalue weighted by molar-refractivity contribution is -0.140. The van der Waals surface area contributed by atoms with Gasteiger partial charge in [-0.05, 0) is 18.8 Å². The molecule has 0 saturated heterocycles. The van der Waals surface area contributed by atoms with Gasteiger partial charge >= 0.3 is 5.97 Å². The summed E-state index contributed by atoms with van der Waals surface area (Å²) in [6.07, 6.45) is 4.26. The van der Waals surface area contributed by atoms with Gasteiger partial charge in [-0.15, -0.1) is 0 Å². The number of carboxylic acid groups (broad SMARTS) is 1. The summed E-state index contributed by atoms with van der Waals surface area (Å²) in [5, 5.41) is 8.86. The van der Waals surface area contributed by atoms with E-state index < -0.39 is 34.4 Å². The third kappa shape index (κ3) is 6.02. The molecule has 0 heterocycles. The molecule has 7 nitrogen and oxygen atoms in total. The van der Waals surface area contributed by atoms with E-state index in [9.17, 15) is 18.0 Å². The number of aliphatic carboxylic acids is 1. The maximum Gasteiger partial charge on any atom is 0.322 e. The van der Waals surface area contributed by atoms with Gasteiger partial charge in [0.25, 0.3) is 0 Å². The predicted octanol–water partition coefficient (Wildman–Crippen LogP) is -0.185. The van der Waals surface area contributed by atoms with Crippen LogP contribution in [0.4, 0.5) is 0 Å². The molecule has 1 aliphatic rings. The Bertz CT molecular complexity index is 428. The van der Waals surface area contributed by atoms with Crippen LogP contribution in [0.1, 0.15) is 38.5 Å². The molecule has 0 aromatic heterocycles. The van der Waals surface area contributed by atoms with Crippen molar-refractivity contribution in [1.29, 1.82) is 0 Å². The highest BCUT2D eigenvalue weighted by molar-refractivity contribution is 7.89. The smallest absolute Gasteiger partial charge is 0.322 e. The summed E-state index contributed by atoms with van der Waals surface area (Å²) < 4.78 is 25.8. The molecular formula is C11H20N2O5S. The predicted molar refractivity (Wildman–Crippen MR) is 68.7 cm³/mol. The summed E-state index contributed by atoms with van der Waals surface area (Å²) in [6, 6.07) is -1.48. The van der Waals surface area contributed by atoms with Crippen LogP contribution in [0.15, 0.2) is 0 Å². The van der Waals surface area contributed by atoms with Crippen LogP contribution in [-0.2, 0) is 19.6 Å². The Hall–Kier alpha value is -1.15. The summed E-state index contributed by atoms with van der Waals surface area (Å²) in [7, 11) is -3.71. The van der Waals surface area contributed by atoms with Crippen LogP contribution in [0.3, 0.4) is 0 Å². The van der Waals surface area contributed by atoms with Crippen molar-refractivity contribution in [2.24, 2.45) is 11.7 Å². The van der Waals surface area contributed by atoms with Gasteiger partial charge in [0, 0.05) is 0 Å². The molecule has 1 saturated carbocycles. The molecular weight excluding hydrogens is 272 g/mol. The van der Waals surface area contributed by atoms with E-state index in [0.717, 1.165) is 32.1 Å². The van der Waals surface area contributed by atoms with Crippen molar-refractivity contribution in [2.45, 2.75) is 44.6 Å². The van der Waals surface area contributed by atoms with Crippen molar-refractivity contribution in [3.05, 3.63) is 0 Å². The second-order valence-corrected chi connectivity index (χ2v) is 6.76. The zero-order chi connectivity index (χ0) is 14.5. The van der Waals surface area contributed by atoms with Crippen LogP contribution in [0.5, 0.6) is 0 Å². The summed E-state index contributed by atoms with van der Waals surface area (Å²) in [5.41, 5.74) is 4.90. The molecule has 1 aliphatic carbocycles. The number of primary amides is 1. The van der Waals surface area contributed by atoms with Gasteiger partial charge in [-0.1, -0.05) is 19.3 Å². The first-order valence-electron chi connectivity index (χ1n) is 6.31. The fourth-order valence-corrected chi connectivity index (χ4v) is 3.98. The molecule has 0 radical (unpaired) electrons. The molecule has 0 aromatic rings. The zero-order valence-electron chi connectivity index (χ0n) is 10.7. The van der Waals surface area contributed by atoms with Gasteiger partial charge in [-0.3, -0.25) is 9.59 Å². The first-order chi connectivity index (χ1) is 8.80. The van der Waals surface area contributed by atoms with Crippen LogP contribution in [0, 0.1) is 5.92 Å². The molecule has 1 fully saturated rings. The normalized spacial score (nSPS) is 18.9. The lowest BCUT2D eigenvalue weighted by Crippen LogP contribution is -2.45. The number of hydrogen-bond donors (Lipinski definition) is 3. The van der Waals surface area contributed by atoms with Crippen molar-refractivity contribution in [3.8, 4) is 0 Å². The number of nitrogens with one attached hydrogen (secondary N) is 1. The number of carbonyl (C=O) groups excluding carboxylic acids is 1. The maximum absolute atomic E-state index is 11.9. The Labute approximate surface area is 112 Å². The van der Waals surface area contributed by atoms with Gasteiger partial charge in [-0.25, -0.2) is 13.1 Å².